The van der Waals surface area contributed by atoms with Crippen molar-refractivity contribution in [3.05, 3.63) is 45.7 Å². The molecule has 2 aromatic heterocycles. The lowest BCUT2D eigenvalue weighted by Gasteiger charge is -2.21. The molecule has 3 N–H and O–H groups in total. The van der Waals surface area contributed by atoms with Crippen LogP contribution in [0.2, 0.25) is 5.02 Å². The first-order valence-corrected chi connectivity index (χ1v) is 11.1. The van der Waals surface area contributed by atoms with Crippen molar-refractivity contribution >= 4 is 63.6 Å². The maximum Gasteiger partial charge on any atom is 0.263 e. The number of rotatable bonds is 5. The molecule has 0 atom stereocenters. The maximum atomic E-state index is 12.1. The van der Waals surface area contributed by atoms with Gasteiger partial charge in [-0.3, -0.25) is 9.59 Å². The monoisotopic (exact) mass is 472 g/mol. The van der Waals surface area contributed by atoms with Crippen LogP contribution in [0.4, 0.5) is 28.8 Å². The summed E-state index contributed by atoms with van der Waals surface area (Å²) in [5.74, 6) is 1.06. The number of fused-ring (bicyclic) bond motifs is 1. The van der Waals surface area contributed by atoms with Gasteiger partial charge in [-0.15, -0.1) is 11.3 Å². The van der Waals surface area contributed by atoms with Crippen LogP contribution >= 0.6 is 22.9 Å². The summed E-state index contributed by atoms with van der Waals surface area (Å²) in [6, 6.07) is 7.25. The highest BCUT2D eigenvalue weighted by Gasteiger charge is 2.20. The average molecular weight is 473 g/mol. The van der Waals surface area contributed by atoms with E-state index < -0.39 is 0 Å². The van der Waals surface area contributed by atoms with Crippen molar-refractivity contribution in [1.82, 2.24) is 15.3 Å². The quantitative estimate of drug-likeness (QED) is 0.511. The largest absolute Gasteiger partial charge is 0.491 e. The number of halogens is 1. The van der Waals surface area contributed by atoms with Gasteiger partial charge in [0.05, 0.1) is 24.2 Å². The van der Waals surface area contributed by atoms with Gasteiger partial charge in [0.2, 0.25) is 11.9 Å². The smallest absolute Gasteiger partial charge is 0.263 e. The molecule has 0 saturated carbocycles. The number of hydrogen-bond donors (Lipinski definition) is 3. The number of anilines is 5. The number of nitrogens with one attached hydrogen (secondary N) is 3. The Labute approximate surface area is 193 Å². The van der Waals surface area contributed by atoms with Crippen LogP contribution in [-0.2, 0) is 4.79 Å². The zero-order valence-electron chi connectivity index (χ0n) is 17.4. The fraction of sp³-hybridized carbons (Fsp3) is 0.238. The summed E-state index contributed by atoms with van der Waals surface area (Å²) in [6.07, 6.45) is 2.23. The van der Waals surface area contributed by atoms with E-state index in [2.05, 4.69) is 25.9 Å². The highest BCUT2D eigenvalue weighted by atomic mass is 35.5. The van der Waals surface area contributed by atoms with Crippen LogP contribution in [0, 0.1) is 0 Å². The first kappa shape index (κ1) is 21.8. The molecular weight excluding hydrogens is 452 g/mol. The molecule has 1 aromatic carbocycles. The van der Waals surface area contributed by atoms with E-state index >= 15 is 0 Å². The number of benzene rings is 1. The number of ether oxygens (including phenoxy) is 1. The zero-order chi connectivity index (χ0) is 22.7. The van der Waals surface area contributed by atoms with Crippen LogP contribution < -0.4 is 25.6 Å². The number of amides is 2. The summed E-state index contributed by atoms with van der Waals surface area (Å²) in [7, 11) is 1.57. The van der Waals surface area contributed by atoms with Crippen molar-refractivity contribution < 1.29 is 14.3 Å². The number of thiophene rings is 1. The minimum absolute atomic E-state index is 0.0502. The van der Waals surface area contributed by atoms with E-state index in [0.717, 1.165) is 6.42 Å². The van der Waals surface area contributed by atoms with Crippen molar-refractivity contribution in [2.75, 3.05) is 35.7 Å². The Morgan fingerprint density at radius 3 is 2.88 bits per heavy atom. The van der Waals surface area contributed by atoms with Crippen LogP contribution in [0.15, 0.2) is 35.8 Å². The van der Waals surface area contributed by atoms with Crippen molar-refractivity contribution in [2.24, 2.45) is 0 Å². The Kier molecular flexibility index (Phi) is 6.42. The van der Waals surface area contributed by atoms with E-state index in [4.69, 9.17) is 16.3 Å². The van der Waals surface area contributed by atoms with Crippen molar-refractivity contribution in [1.29, 1.82) is 0 Å². The molecule has 0 bridgehead atoms. The molecule has 1 aliphatic rings. The number of carbonyl (C=O) groups excluding carboxylic acids is 2. The first-order valence-electron chi connectivity index (χ1n) is 9.87. The van der Waals surface area contributed by atoms with Crippen LogP contribution in [-0.4, -0.2) is 42.0 Å². The summed E-state index contributed by atoms with van der Waals surface area (Å²) in [4.78, 5) is 35.0. The SMILES string of the molecule is CNC(=O)c1sccc1Nc1nc(Nc2ccc3c(c2)N(C(C)=O)CCCO3)ncc1Cl. The van der Waals surface area contributed by atoms with E-state index in [1.165, 1.54) is 24.5 Å². The van der Waals surface area contributed by atoms with Crippen LogP contribution in [0.1, 0.15) is 23.0 Å². The van der Waals surface area contributed by atoms with Crippen LogP contribution in [0.5, 0.6) is 5.75 Å². The molecule has 3 heterocycles. The predicted octanol–water partition coefficient (Wildman–Crippen LogP) is 4.17. The van der Waals surface area contributed by atoms with E-state index in [0.29, 0.717) is 57.6 Å². The van der Waals surface area contributed by atoms with Gasteiger partial charge in [-0.05, 0) is 36.1 Å². The molecule has 11 heteroatoms. The fourth-order valence-corrected chi connectivity index (χ4v) is 4.18. The summed E-state index contributed by atoms with van der Waals surface area (Å²) >= 11 is 7.59. The molecule has 32 heavy (non-hydrogen) atoms. The molecule has 4 rings (SSSR count). The highest BCUT2D eigenvalue weighted by molar-refractivity contribution is 7.12. The molecule has 166 valence electrons. The van der Waals surface area contributed by atoms with Crippen molar-refractivity contribution in [3.63, 3.8) is 0 Å². The Hall–Kier alpha value is -3.37. The normalized spacial score (nSPS) is 12.9. The standard InChI is InChI=1S/C21H21ClN6O3S/c1-12(29)28-7-3-8-31-17-5-4-13(10-16(17)28)25-21-24-11-14(22)19(27-21)26-15-6-9-32-18(15)20(30)23-2/h4-6,9-11H,3,7-8H2,1-2H3,(H,23,30)(H2,24,25,26,27). The van der Waals surface area contributed by atoms with Crippen molar-refractivity contribution in [3.8, 4) is 5.75 Å². The number of carbonyl (C=O) groups is 2. The fourth-order valence-electron chi connectivity index (χ4n) is 3.25. The van der Waals surface area contributed by atoms with Crippen molar-refractivity contribution in [2.45, 2.75) is 13.3 Å². The van der Waals surface area contributed by atoms with Gasteiger partial charge in [-0.1, -0.05) is 11.6 Å². The van der Waals surface area contributed by atoms with E-state index in [1.54, 1.807) is 23.4 Å². The molecule has 0 saturated heterocycles. The van der Waals surface area contributed by atoms with Gasteiger partial charge in [0.1, 0.15) is 15.6 Å². The van der Waals surface area contributed by atoms with Gasteiger partial charge in [0.15, 0.2) is 5.82 Å². The Balaban J connectivity index is 1.59. The van der Waals surface area contributed by atoms with Gasteiger partial charge in [0.25, 0.3) is 5.91 Å². The molecule has 0 fully saturated rings. The molecule has 0 spiro atoms. The van der Waals surface area contributed by atoms with E-state index in [-0.39, 0.29) is 11.8 Å². The summed E-state index contributed by atoms with van der Waals surface area (Å²) in [5, 5.41) is 11.0. The van der Waals surface area contributed by atoms with Crippen LogP contribution in [0.25, 0.3) is 0 Å². The Morgan fingerprint density at radius 1 is 1.25 bits per heavy atom. The topological polar surface area (TPSA) is 108 Å². The Morgan fingerprint density at radius 2 is 2.09 bits per heavy atom. The third-order valence-electron chi connectivity index (χ3n) is 4.77. The highest BCUT2D eigenvalue weighted by Crippen LogP contribution is 2.35. The minimum Gasteiger partial charge on any atom is -0.491 e. The molecule has 9 nitrogen and oxygen atoms in total. The van der Waals surface area contributed by atoms with Gasteiger partial charge in [0, 0.05) is 26.2 Å². The zero-order valence-corrected chi connectivity index (χ0v) is 19.0. The molecule has 3 aromatic rings. The summed E-state index contributed by atoms with van der Waals surface area (Å²) in [6.45, 7) is 2.68. The third-order valence-corrected chi connectivity index (χ3v) is 5.96. The molecule has 0 radical (unpaired) electrons. The lowest BCUT2D eigenvalue weighted by atomic mass is 10.2. The Bertz CT molecular complexity index is 1170. The van der Waals surface area contributed by atoms with E-state index in [1.807, 2.05) is 18.2 Å². The predicted molar refractivity (Wildman–Crippen MR) is 126 cm³/mol. The molecule has 1 aliphatic heterocycles. The maximum absolute atomic E-state index is 12.1. The van der Waals surface area contributed by atoms with Gasteiger partial charge >= 0.3 is 0 Å². The second-order valence-corrected chi connectivity index (χ2v) is 8.26. The lowest BCUT2D eigenvalue weighted by molar-refractivity contribution is -0.116. The van der Waals surface area contributed by atoms with Gasteiger partial charge in [-0.2, -0.15) is 4.98 Å². The second-order valence-electron chi connectivity index (χ2n) is 6.94. The molecule has 0 aliphatic carbocycles. The molecular formula is C21H21ClN6O3S. The lowest BCUT2D eigenvalue weighted by Crippen LogP contribution is -2.28. The number of nitrogens with zero attached hydrogens (tertiary/aromatic N) is 3. The molecule has 0 unspecified atom stereocenters. The van der Waals surface area contributed by atoms with Crippen LogP contribution in [0.3, 0.4) is 0 Å². The summed E-state index contributed by atoms with van der Waals surface area (Å²) < 4.78 is 5.76. The number of hydrogen-bond acceptors (Lipinski definition) is 8. The molecule has 2 amide bonds. The average Bonchev–Trinajstić information content (AvgIpc) is 3.13. The first-order chi connectivity index (χ1) is 15.5. The summed E-state index contributed by atoms with van der Waals surface area (Å²) in [5.41, 5.74) is 1.98. The van der Waals surface area contributed by atoms with Gasteiger partial charge < -0.3 is 25.6 Å². The minimum atomic E-state index is -0.201. The number of aromatic nitrogens is 2. The third kappa shape index (κ3) is 4.61. The second kappa shape index (κ2) is 9.41. The van der Waals surface area contributed by atoms with Gasteiger partial charge in [-0.25, -0.2) is 4.98 Å². The van der Waals surface area contributed by atoms with E-state index in [9.17, 15) is 9.59 Å².